The number of hydrogen-bond donors (Lipinski definition) is 0. The molecule has 0 saturated carbocycles. The van der Waals surface area contributed by atoms with Crippen molar-refractivity contribution >= 4 is 5.97 Å². The van der Waals surface area contributed by atoms with E-state index in [1.165, 1.54) is 19.3 Å². The van der Waals surface area contributed by atoms with E-state index in [-0.39, 0.29) is 18.8 Å². The van der Waals surface area contributed by atoms with Gasteiger partial charge < -0.3 is 9.47 Å². The maximum absolute atomic E-state index is 14.1. The van der Waals surface area contributed by atoms with Gasteiger partial charge in [0.1, 0.15) is 0 Å². The van der Waals surface area contributed by atoms with Gasteiger partial charge in [-0.25, -0.2) is 4.39 Å². The molecule has 1 rings (SSSR count). The summed E-state index contributed by atoms with van der Waals surface area (Å²) in [5, 5.41) is 0. The van der Waals surface area contributed by atoms with Gasteiger partial charge in [0.05, 0.1) is 19.1 Å². The summed E-state index contributed by atoms with van der Waals surface area (Å²) in [7, 11) is 1.40. The lowest BCUT2D eigenvalue weighted by atomic mass is 9.83. The Bertz CT molecular complexity index is 470. The van der Waals surface area contributed by atoms with Crippen molar-refractivity contribution in [3.8, 4) is 5.75 Å². The Balaban J connectivity index is 3.05. The fourth-order valence-corrected chi connectivity index (χ4v) is 1.77. The van der Waals surface area contributed by atoms with Crippen LogP contribution in [-0.4, -0.2) is 19.7 Å². The third-order valence-electron chi connectivity index (χ3n) is 3.01. The van der Waals surface area contributed by atoms with E-state index in [9.17, 15) is 9.18 Å². The van der Waals surface area contributed by atoms with E-state index < -0.39 is 17.2 Å². The Morgan fingerprint density at radius 3 is 2.74 bits per heavy atom. The van der Waals surface area contributed by atoms with E-state index in [0.717, 1.165) is 0 Å². The smallest absolute Gasteiger partial charge is 0.315 e. The molecule has 0 fully saturated rings. The van der Waals surface area contributed by atoms with E-state index in [2.05, 4.69) is 6.58 Å². The van der Waals surface area contributed by atoms with Gasteiger partial charge in [-0.3, -0.25) is 4.79 Å². The number of esters is 1. The molecule has 0 N–H and O–H groups in total. The quantitative estimate of drug-likeness (QED) is 0.586. The Hall–Kier alpha value is -1.84. The standard InChI is InChI=1S/C15H19FO3/c1-5-15(3,14(17)19-6-2)10-11-8-7-9-12(18-4)13(11)16/h5,7-9H,1,6,10H2,2-4H3. The fourth-order valence-electron chi connectivity index (χ4n) is 1.77. The van der Waals surface area contributed by atoms with E-state index in [4.69, 9.17) is 9.47 Å². The van der Waals surface area contributed by atoms with Crippen molar-refractivity contribution in [2.45, 2.75) is 20.3 Å². The highest BCUT2D eigenvalue weighted by atomic mass is 19.1. The van der Waals surface area contributed by atoms with E-state index in [1.807, 2.05) is 0 Å². The van der Waals surface area contributed by atoms with Gasteiger partial charge in [0.2, 0.25) is 0 Å². The molecule has 3 nitrogen and oxygen atoms in total. The number of carbonyl (C=O) groups is 1. The molecule has 0 aromatic heterocycles. The first-order valence-corrected chi connectivity index (χ1v) is 6.10. The van der Waals surface area contributed by atoms with Crippen molar-refractivity contribution in [1.82, 2.24) is 0 Å². The maximum Gasteiger partial charge on any atom is 0.315 e. The predicted octanol–water partition coefficient (Wildman–Crippen LogP) is 3.13. The Morgan fingerprint density at radius 1 is 1.53 bits per heavy atom. The number of benzene rings is 1. The molecule has 1 atom stereocenters. The third kappa shape index (κ3) is 3.34. The molecule has 1 unspecified atom stereocenters. The summed E-state index contributed by atoms with van der Waals surface area (Å²) in [5.74, 6) is -0.706. The normalized spacial score (nSPS) is 13.5. The first kappa shape index (κ1) is 15.2. The summed E-state index contributed by atoms with van der Waals surface area (Å²) >= 11 is 0. The van der Waals surface area contributed by atoms with Crippen LogP contribution in [0.3, 0.4) is 0 Å². The number of rotatable bonds is 6. The number of halogens is 1. The Kier molecular flexibility index (Phi) is 5.10. The van der Waals surface area contributed by atoms with Gasteiger partial charge in [-0.15, -0.1) is 6.58 Å². The minimum atomic E-state index is -0.955. The Morgan fingerprint density at radius 2 is 2.21 bits per heavy atom. The minimum absolute atomic E-state index is 0.160. The average Bonchev–Trinajstić information content (AvgIpc) is 2.41. The highest BCUT2D eigenvalue weighted by molar-refractivity contribution is 5.79. The lowest BCUT2D eigenvalue weighted by Gasteiger charge is -2.23. The first-order valence-electron chi connectivity index (χ1n) is 6.10. The molecule has 1 aromatic carbocycles. The van der Waals surface area contributed by atoms with Crippen molar-refractivity contribution < 1.29 is 18.7 Å². The molecular formula is C15H19FO3. The van der Waals surface area contributed by atoms with Crippen LogP contribution in [0.5, 0.6) is 5.75 Å². The maximum atomic E-state index is 14.1. The highest BCUT2D eigenvalue weighted by Crippen LogP contribution is 2.29. The van der Waals surface area contributed by atoms with Crippen LogP contribution in [0, 0.1) is 11.2 Å². The summed E-state index contributed by atoms with van der Waals surface area (Å²) in [4.78, 5) is 11.9. The average molecular weight is 266 g/mol. The lowest BCUT2D eigenvalue weighted by molar-refractivity contribution is -0.151. The summed E-state index contributed by atoms with van der Waals surface area (Å²) in [6, 6.07) is 4.85. The van der Waals surface area contributed by atoms with Crippen LogP contribution in [0.1, 0.15) is 19.4 Å². The van der Waals surface area contributed by atoms with Gasteiger partial charge in [0, 0.05) is 0 Å². The molecule has 0 bridgehead atoms. The van der Waals surface area contributed by atoms with Gasteiger partial charge in [-0.05, 0) is 31.9 Å². The zero-order chi connectivity index (χ0) is 14.5. The fraction of sp³-hybridized carbons (Fsp3) is 0.400. The summed E-state index contributed by atoms with van der Waals surface area (Å²) < 4.78 is 24.0. The summed E-state index contributed by atoms with van der Waals surface area (Å²) in [5.41, 5.74) is -0.557. The van der Waals surface area contributed by atoms with Crippen molar-refractivity contribution in [3.63, 3.8) is 0 Å². The number of methoxy groups -OCH3 is 1. The highest BCUT2D eigenvalue weighted by Gasteiger charge is 2.33. The number of ether oxygens (including phenoxy) is 2. The minimum Gasteiger partial charge on any atom is -0.494 e. The molecule has 0 spiro atoms. The summed E-state index contributed by atoms with van der Waals surface area (Å²) in [6.45, 7) is 7.34. The molecule has 0 aliphatic heterocycles. The van der Waals surface area contributed by atoms with E-state index in [0.29, 0.717) is 5.56 Å². The molecule has 104 valence electrons. The second kappa shape index (κ2) is 6.36. The molecular weight excluding hydrogens is 247 g/mol. The van der Waals surface area contributed by atoms with Crippen LogP contribution in [0.4, 0.5) is 4.39 Å². The van der Waals surface area contributed by atoms with Gasteiger partial charge >= 0.3 is 5.97 Å². The zero-order valence-electron chi connectivity index (χ0n) is 11.5. The van der Waals surface area contributed by atoms with Crippen LogP contribution < -0.4 is 4.74 Å². The third-order valence-corrected chi connectivity index (χ3v) is 3.01. The first-order chi connectivity index (χ1) is 8.98. The van der Waals surface area contributed by atoms with E-state index >= 15 is 0 Å². The van der Waals surface area contributed by atoms with Crippen molar-refractivity contribution in [2.24, 2.45) is 5.41 Å². The molecule has 0 heterocycles. The second-order valence-corrected chi connectivity index (χ2v) is 4.45. The van der Waals surface area contributed by atoms with Crippen LogP contribution in [0.2, 0.25) is 0 Å². The second-order valence-electron chi connectivity index (χ2n) is 4.45. The predicted molar refractivity (Wildman–Crippen MR) is 71.6 cm³/mol. The Labute approximate surface area is 113 Å². The summed E-state index contributed by atoms with van der Waals surface area (Å²) in [6.07, 6.45) is 1.67. The molecule has 1 aromatic rings. The van der Waals surface area contributed by atoms with Crippen molar-refractivity contribution in [1.29, 1.82) is 0 Å². The van der Waals surface area contributed by atoms with Gasteiger partial charge in [0.15, 0.2) is 11.6 Å². The van der Waals surface area contributed by atoms with Crippen LogP contribution in [0.25, 0.3) is 0 Å². The van der Waals surface area contributed by atoms with Gasteiger partial charge in [-0.1, -0.05) is 18.2 Å². The van der Waals surface area contributed by atoms with Gasteiger partial charge in [-0.2, -0.15) is 0 Å². The van der Waals surface area contributed by atoms with Gasteiger partial charge in [0.25, 0.3) is 0 Å². The molecule has 0 radical (unpaired) electrons. The molecule has 19 heavy (non-hydrogen) atoms. The lowest BCUT2D eigenvalue weighted by Crippen LogP contribution is -2.30. The topological polar surface area (TPSA) is 35.5 Å². The van der Waals surface area contributed by atoms with Crippen molar-refractivity contribution in [3.05, 3.63) is 42.2 Å². The number of carbonyl (C=O) groups excluding carboxylic acids is 1. The molecule has 0 amide bonds. The molecule has 4 heteroatoms. The van der Waals surface area contributed by atoms with Crippen LogP contribution >= 0.6 is 0 Å². The van der Waals surface area contributed by atoms with Crippen LogP contribution in [0.15, 0.2) is 30.9 Å². The molecule has 0 aliphatic rings. The van der Waals surface area contributed by atoms with Crippen LogP contribution in [-0.2, 0) is 16.0 Å². The molecule has 0 saturated heterocycles. The zero-order valence-corrected chi connectivity index (χ0v) is 11.5. The van der Waals surface area contributed by atoms with Crippen molar-refractivity contribution in [2.75, 3.05) is 13.7 Å². The molecule has 0 aliphatic carbocycles. The number of hydrogen-bond acceptors (Lipinski definition) is 3. The largest absolute Gasteiger partial charge is 0.494 e. The van der Waals surface area contributed by atoms with E-state index in [1.54, 1.807) is 26.0 Å². The SMILES string of the molecule is C=CC(C)(Cc1cccc(OC)c1F)C(=O)OCC. The monoisotopic (exact) mass is 266 g/mol.